The number of hydrogen-bond acceptors (Lipinski definition) is 4. The van der Waals surface area contributed by atoms with Crippen molar-refractivity contribution in [2.75, 3.05) is 6.54 Å². The molecule has 0 aromatic heterocycles. The normalized spacial score (nSPS) is 21.2. The smallest absolute Gasteiger partial charge is 0.207 e. The highest BCUT2D eigenvalue weighted by molar-refractivity contribution is 6.46. The zero-order chi connectivity index (χ0) is 9.26. The van der Waals surface area contributed by atoms with Crippen LogP contribution in [0.5, 0.6) is 0 Å². The second-order valence-electron chi connectivity index (χ2n) is 3.38. The Morgan fingerprint density at radius 3 is 2.77 bits per heavy atom. The van der Waals surface area contributed by atoms with Crippen LogP contribution in [0.2, 0.25) is 0 Å². The Kier molecular flexibility index (Phi) is 2.04. The van der Waals surface area contributed by atoms with E-state index in [0.29, 0.717) is 12.3 Å². The van der Waals surface area contributed by atoms with E-state index in [4.69, 9.17) is 0 Å². The fraction of sp³-hybridized carbons (Fsp3) is 0.556. The molecule has 1 heterocycles. The van der Waals surface area contributed by atoms with Crippen LogP contribution in [0.3, 0.4) is 0 Å². The molecule has 1 aliphatic heterocycles. The van der Waals surface area contributed by atoms with Crippen molar-refractivity contribution in [2.24, 2.45) is 15.4 Å². The number of ketones is 1. The van der Waals surface area contributed by atoms with Crippen molar-refractivity contribution in [3.63, 3.8) is 0 Å². The monoisotopic (exact) mass is 177 g/mol. The Labute approximate surface area is 76.4 Å². The zero-order valence-electron chi connectivity index (χ0n) is 7.58. The Hall–Kier alpha value is -1.32. The third-order valence-electron chi connectivity index (χ3n) is 2.48. The molecule has 0 radical (unpaired) electrons. The van der Waals surface area contributed by atoms with E-state index in [1.807, 2.05) is 6.92 Å². The highest BCUT2D eigenvalue weighted by Gasteiger charge is 2.23. The second-order valence-corrected chi connectivity index (χ2v) is 3.38. The average molecular weight is 177 g/mol. The minimum atomic E-state index is 0.0556. The van der Waals surface area contributed by atoms with Crippen LogP contribution in [0, 0.1) is 0 Å². The number of rotatable bonds is 2. The van der Waals surface area contributed by atoms with E-state index >= 15 is 0 Å². The third kappa shape index (κ3) is 1.43. The first-order valence-corrected chi connectivity index (χ1v) is 4.45. The Morgan fingerprint density at radius 1 is 1.38 bits per heavy atom. The summed E-state index contributed by atoms with van der Waals surface area (Å²) in [7, 11) is 0. The number of carbonyl (C=O) groups is 1. The maximum atomic E-state index is 11.7. The molecule has 0 atom stereocenters. The maximum Gasteiger partial charge on any atom is 0.207 e. The van der Waals surface area contributed by atoms with Gasteiger partial charge in [0.15, 0.2) is 0 Å². The molecule has 1 aliphatic carbocycles. The van der Waals surface area contributed by atoms with Gasteiger partial charge in [0.2, 0.25) is 5.78 Å². The van der Waals surface area contributed by atoms with Gasteiger partial charge in [-0.25, -0.2) is 0 Å². The maximum absolute atomic E-state index is 11.7. The number of allylic oxidation sites excluding steroid dienone is 2. The van der Waals surface area contributed by atoms with Gasteiger partial charge in [0.05, 0.1) is 0 Å². The first-order chi connectivity index (χ1) is 6.29. The molecule has 4 nitrogen and oxygen atoms in total. The second kappa shape index (κ2) is 3.20. The van der Waals surface area contributed by atoms with Gasteiger partial charge in [0.25, 0.3) is 0 Å². The molecule has 0 saturated heterocycles. The Morgan fingerprint density at radius 2 is 2.23 bits per heavy atom. The van der Waals surface area contributed by atoms with Gasteiger partial charge in [-0.15, -0.1) is 5.10 Å². The SMILES string of the molecule is CC1=C(C(=O)C2=NN=NC2)CCC1. The van der Waals surface area contributed by atoms with E-state index in [-0.39, 0.29) is 5.78 Å². The lowest BCUT2D eigenvalue weighted by Crippen LogP contribution is -2.17. The molecule has 0 saturated carbocycles. The van der Waals surface area contributed by atoms with Crippen molar-refractivity contribution in [1.82, 2.24) is 0 Å². The van der Waals surface area contributed by atoms with Crippen LogP contribution >= 0.6 is 0 Å². The molecule has 4 heteroatoms. The molecule has 0 aromatic rings. The van der Waals surface area contributed by atoms with Gasteiger partial charge in [0.1, 0.15) is 12.3 Å². The molecule has 0 fully saturated rings. The zero-order valence-corrected chi connectivity index (χ0v) is 7.58. The molecule has 0 N–H and O–H groups in total. The molecule has 0 unspecified atom stereocenters. The Bertz CT molecular complexity index is 339. The summed E-state index contributed by atoms with van der Waals surface area (Å²) in [6, 6.07) is 0. The highest BCUT2D eigenvalue weighted by Crippen LogP contribution is 2.26. The van der Waals surface area contributed by atoms with E-state index < -0.39 is 0 Å². The standard InChI is InChI=1S/C9H11N3O/c1-6-3-2-4-7(6)9(13)8-5-10-12-11-8/h2-5H2,1H3. The van der Waals surface area contributed by atoms with Crippen molar-refractivity contribution >= 4 is 11.5 Å². The molecular formula is C9H11N3O. The lowest BCUT2D eigenvalue weighted by molar-refractivity contribution is -0.109. The van der Waals surface area contributed by atoms with Gasteiger partial charge < -0.3 is 0 Å². The van der Waals surface area contributed by atoms with E-state index in [1.165, 1.54) is 5.57 Å². The topological polar surface area (TPSA) is 54.1 Å². The fourth-order valence-electron chi connectivity index (χ4n) is 1.71. The lowest BCUT2D eigenvalue weighted by atomic mass is 10.0. The van der Waals surface area contributed by atoms with Crippen LogP contribution < -0.4 is 0 Å². The third-order valence-corrected chi connectivity index (χ3v) is 2.48. The summed E-state index contributed by atoms with van der Waals surface area (Å²) in [5, 5.41) is 10.8. The van der Waals surface area contributed by atoms with E-state index in [9.17, 15) is 4.79 Å². The van der Waals surface area contributed by atoms with Crippen molar-refractivity contribution in [2.45, 2.75) is 26.2 Å². The molecule has 0 spiro atoms. The molecule has 2 rings (SSSR count). The van der Waals surface area contributed by atoms with Crippen LogP contribution in [-0.4, -0.2) is 18.0 Å². The van der Waals surface area contributed by atoms with Crippen molar-refractivity contribution in [3.8, 4) is 0 Å². The van der Waals surface area contributed by atoms with Crippen LogP contribution in [0.15, 0.2) is 26.6 Å². The molecular weight excluding hydrogens is 166 g/mol. The summed E-state index contributed by atoms with van der Waals surface area (Å²) in [4.78, 5) is 11.7. The molecule has 13 heavy (non-hydrogen) atoms. The van der Waals surface area contributed by atoms with Crippen LogP contribution in [0.25, 0.3) is 0 Å². The lowest BCUT2D eigenvalue weighted by Gasteiger charge is -2.00. The van der Waals surface area contributed by atoms with Gasteiger partial charge >= 0.3 is 0 Å². The highest BCUT2D eigenvalue weighted by atomic mass is 16.1. The number of carbonyl (C=O) groups excluding carboxylic acids is 1. The minimum absolute atomic E-state index is 0.0556. The van der Waals surface area contributed by atoms with Crippen molar-refractivity contribution in [1.29, 1.82) is 0 Å². The number of Topliss-reactive ketones (excluding diaryl/α,β-unsaturated/α-hetero) is 1. The summed E-state index contributed by atoms with van der Waals surface area (Å²) in [6.07, 6.45) is 3.03. The Balaban J connectivity index is 2.18. The van der Waals surface area contributed by atoms with Crippen LogP contribution in [0.1, 0.15) is 26.2 Å². The summed E-state index contributed by atoms with van der Waals surface area (Å²) in [6.45, 7) is 2.37. The fourth-order valence-corrected chi connectivity index (χ4v) is 1.71. The van der Waals surface area contributed by atoms with E-state index in [0.717, 1.165) is 24.8 Å². The summed E-state index contributed by atoms with van der Waals surface area (Å²) in [5.41, 5.74) is 2.64. The quantitative estimate of drug-likeness (QED) is 0.635. The molecule has 68 valence electrons. The minimum Gasteiger partial charge on any atom is -0.287 e. The van der Waals surface area contributed by atoms with E-state index in [2.05, 4.69) is 15.4 Å². The summed E-state index contributed by atoms with van der Waals surface area (Å²) >= 11 is 0. The van der Waals surface area contributed by atoms with Crippen molar-refractivity contribution in [3.05, 3.63) is 11.1 Å². The van der Waals surface area contributed by atoms with Gasteiger partial charge in [-0.05, 0) is 31.4 Å². The van der Waals surface area contributed by atoms with E-state index in [1.54, 1.807) is 0 Å². The van der Waals surface area contributed by atoms with Crippen molar-refractivity contribution < 1.29 is 4.79 Å². The number of hydrogen-bond donors (Lipinski definition) is 0. The van der Waals surface area contributed by atoms with Gasteiger partial charge in [0, 0.05) is 5.57 Å². The number of nitrogens with zero attached hydrogens (tertiary/aromatic N) is 3. The summed E-state index contributed by atoms with van der Waals surface area (Å²) < 4.78 is 0. The molecule has 0 aromatic carbocycles. The first-order valence-electron chi connectivity index (χ1n) is 4.45. The molecule has 0 amide bonds. The predicted molar refractivity (Wildman–Crippen MR) is 48.7 cm³/mol. The molecule has 2 aliphatic rings. The van der Waals surface area contributed by atoms with Crippen LogP contribution in [-0.2, 0) is 4.79 Å². The summed E-state index contributed by atoms with van der Waals surface area (Å²) in [5.74, 6) is 0.0556. The molecule has 0 bridgehead atoms. The van der Waals surface area contributed by atoms with Gasteiger partial charge in [-0.1, -0.05) is 5.57 Å². The average Bonchev–Trinajstić information content (AvgIpc) is 2.72. The predicted octanol–water partition coefficient (Wildman–Crippen LogP) is 1.88. The van der Waals surface area contributed by atoms with Gasteiger partial charge in [-0.3, -0.25) is 4.79 Å². The van der Waals surface area contributed by atoms with Gasteiger partial charge in [-0.2, -0.15) is 5.11 Å². The van der Waals surface area contributed by atoms with Crippen LogP contribution in [0.4, 0.5) is 0 Å². The largest absolute Gasteiger partial charge is 0.287 e. The first kappa shape index (κ1) is 8.29.